The van der Waals surface area contributed by atoms with Crippen molar-refractivity contribution >= 4 is 22.5 Å². The summed E-state index contributed by atoms with van der Waals surface area (Å²) in [6.45, 7) is 0. The molecular formula is C15H9ClN4O. The maximum Gasteiger partial charge on any atom is 0.301 e. The number of halogens is 1. The van der Waals surface area contributed by atoms with Gasteiger partial charge in [0.05, 0.1) is 11.2 Å². The SMILES string of the molecule is O=c1c2n[nH]c3ccc(Cl)cc3c-2nn1-c1ccccc1. The van der Waals surface area contributed by atoms with Crippen molar-refractivity contribution in [3.05, 3.63) is 63.9 Å². The van der Waals surface area contributed by atoms with Gasteiger partial charge in [-0.1, -0.05) is 29.8 Å². The quantitative estimate of drug-likeness (QED) is 0.587. The van der Waals surface area contributed by atoms with Crippen molar-refractivity contribution in [2.75, 3.05) is 0 Å². The Hall–Kier alpha value is -2.66. The summed E-state index contributed by atoms with van der Waals surface area (Å²) in [5, 5.41) is 12.8. The Morgan fingerprint density at radius 2 is 1.86 bits per heavy atom. The van der Waals surface area contributed by atoms with Gasteiger partial charge in [0.25, 0.3) is 0 Å². The lowest BCUT2D eigenvalue weighted by Gasteiger charge is -2.01. The molecule has 0 saturated heterocycles. The first kappa shape index (κ1) is 12.1. The monoisotopic (exact) mass is 296 g/mol. The maximum absolute atomic E-state index is 12.4. The highest BCUT2D eigenvalue weighted by Crippen LogP contribution is 2.26. The van der Waals surface area contributed by atoms with Crippen LogP contribution in [0.1, 0.15) is 0 Å². The highest BCUT2D eigenvalue weighted by molar-refractivity contribution is 6.31. The molecule has 5 nitrogen and oxygen atoms in total. The van der Waals surface area contributed by atoms with E-state index in [-0.39, 0.29) is 5.56 Å². The molecule has 2 aromatic carbocycles. The molecular weight excluding hydrogens is 288 g/mol. The molecule has 0 amide bonds. The van der Waals surface area contributed by atoms with E-state index in [0.29, 0.717) is 22.1 Å². The Morgan fingerprint density at radius 1 is 1.05 bits per heavy atom. The lowest BCUT2D eigenvalue weighted by Crippen LogP contribution is -2.15. The summed E-state index contributed by atoms with van der Waals surface area (Å²) in [6, 6.07) is 14.6. The van der Waals surface area contributed by atoms with Crippen LogP contribution < -0.4 is 5.56 Å². The summed E-state index contributed by atoms with van der Waals surface area (Å²) in [5.41, 5.74) is 2.07. The van der Waals surface area contributed by atoms with Crippen molar-refractivity contribution in [2.45, 2.75) is 0 Å². The van der Waals surface area contributed by atoms with E-state index in [9.17, 15) is 4.79 Å². The molecule has 2 aliphatic rings. The van der Waals surface area contributed by atoms with Gasteiger partial charge in [-0.15, -0.1) is 0 Å². The van der Waals surface area contributed by atoms with Gasteiger partial charge >= 0.3 is 5.56 Å². The second kappa shape index (κ2) is 4.43. The molecule has 0 aliphatic carbocycles. The van der Waals surface area contributed by atoms with Crippen molar-refractivity contribution in [1.29, 1.82) is 0 Å². The molecule has 0 aromatic heterocycles. The zero-order valence-electron chi connectivity index (χ0n) is 10.7. The number of nitrogens with zero attached hydrogens (tertiary/aromatic N) is 3. The number of nitrogens with one attached hydrogen (secondary N) is 1. The molecule has 2 aromatic rings. The van der Waals surface area contributed by atoms with E-state index in [4.69, 9.17) is 11.6 Å². The molecule has 21 heavy (non-hydrogen) atoms. The Morgan fingerprint density at radius 3 is 2.67 bits per heavy atom. The predicted molar refractivity (Wildman–Crippen MR) is 81.1 cm³/mol. The number of H-pyrrole nitrogens is 1. The topological polar surface area (TPSA) is 63.6 Å². The number of rotatable bonds is 1. The molecule has 6 heteroatoms. The summed E-state index contributed by atoms with van der Waals surface area (Å²) in [4.78, 5) is 12.4. The molecule has 102 valence electrons. The van der Waals surface area contributed by atoms with E-state index >= 15 is 0 Å². The standard InChI is InChI=1S/C15H9ClN4O/c16-9-6-7-12-11(8-9)13-14(18-17-12)15(21)20(19-13)10-4-2-1-3-5-10/h1-8,17H. The van der Waals surface area contributed by atoms with Crippen LogP contribution in [0, 0.1) is 0 Å². The minimum absolute atomic E-state index is 0.255. The zero-order chi connectivity index (χ0) is 14.4. The highest BCUT2D eigenvalue weighted by atomic mass is 35.5. The van der Waals surface area contributed by atoms with Crippen LogP contribution in [-0.4, -0.2) is 20.0 Å². The fourth-order valence-electron chi connectivity index (χ4n) is 2.35. The fourth-order valence-corrected chi connectivity index (χ4v) is 2.52. The van der Waals surface area contributed by atoms with Crippen LogP contribution >= 0.6 is 11.6 Å². The van der Waals surface area contributed by atoms with Crippen molar-refractivity contribution < 1.29 is 0 Å². The Balaban J connectivity index is 2.10. The molecule has 0 atom stereocenters. The number of benzene rings is 2. The molecule has 1 N–H and O–H groups in total. The van der Waals surface area contributed by atoms with E-state index < -0.39 is 0 Å². The molecule has 0 saturated carbocycles. The second-order valence-electron chi connectivity index (χ2n) is 4.66. The van der Waals surface area contributed by atoms with Crippen molar-refractivity contribution in [3.8, 4) is 17.1 Å². The van der Waals surface area contributed by atoms with Gasteiger partial charge in [0.2, 0.25) is 0 Å². The molecule has 0 unspecified atom stereocenters. The summed E-state index contributed by atoms with van der Waals surface area (Å²) in [6.07, 6.45) is 0. The van der Waals surface area contributed by atoms with Crippen molar-refractivity contribution in [2.24, 2.45) is 0 Å². The number of fused-ring (bicyclic) bond motifs is 3. The minimum atomic E-state index is -0.255. The van der Waals surface area contributed by atoms with Crippen LogP contribution in [0.3, 0.4) is 0 Å². The second-order valence-corrected chi connectivity index (χ2v) is 5.10. The van der Waals surface area contributed by atoms with Gasteiger partial charge in [-0.25, -0.2) is 0 Å². The van der Waals surface area contributed by atoms with Gasteiger partial charge in [0.1, 0.15) is 5.69 Å². The molecule has 2 heterocycles. The molecule has 4 rings (SSSR count). The smallest absolute Gasteiger partial charge is 0.277 e. The van der Waals surface area contributed by atoms with Crippen molar-refractivity contribution in [1.82, 2.24) is 20.0 Å². The maximum atomic E-state index is 12.4. The van der Waals surface area contributed by atoms with Gasteiger partial charge in [-0.2, -0.15) is 14.9 Å². The average Bonchev–Trinajstić information content (AvgIpc) is 2.86. The third-order valence-corrected chi connectivity index (χ3v) is 3.58. The lowest BCUT2D eigenvalue weighted by atomic mass is 10.1. The Kier molecular flexibility index (Phi) is 2.55. The Bertz CT molecular complexity index is 974. The first-order chi connectivity index (χ1) is 10.2. The summed E-state index contributed by atoms with van der Waals surface area (Å²) >= 11 is 6.04. The molecule has 0 fully saturated rings. The first-order valence-corrected chi connectivity index (χ1v) is 6.74. The molecule has 0 spiro atoms. The van der Waals surface area contributed by atoms with Gasteiger partial charge in [0.15, 0.2) is 5.69 Å². The lowest BCUT2D eigenvalue weighted by molar-refractivity contribution is 0.858. The van der Waals surface area contributed by atoms with Gasteiger partial charge < -0.3 is 0 Å². The third-order valence-electron chi connectivity index (χ3n) is 3.34. The van der Waals surface area contributed by atoms with E-state index in [1.54, 1.807) is 12.1 Å². The number of para-hydroxylation sites is 1. The summed E-state index contributed by atoms with van der Waals surface area (Å²) < 4.78 is 1.35. The van der Waals surface area contributed by atoms with Crippen molar-refractivity contribution in [3.63, 3.8) is 0 Å². The molecule has 0 radical (unpaired) electrons. The predicted octanol–water partition coefficient (Wildman–Crippen LogP) is 2.87. The van der Waals surface area contributed by atoms with Gasteiger partial charge in [-0.3, -0.25) is 9.89 Å². The van der Waals surface area contributed by atoms with Crippen LogP contribution in [0.4, 0.5) is 0 Å². The van der Waals surface area contributed by atoms with Crippen LogP contribution in [0.15, 0.2) is 53.3 Å². The number of hydrogen-bond acceptors (Lipinski definition) is 3. The van der Waals surface area contributed by atoms with Gasteiger partial charge in [-0.05, 0) is 30.3 Å². The van der Waals surface area contributed by atoms with E-state index in [1.807, 2.05) is 36.4 Å². The number of hydrogen-bond donors (Lipinski definition) is 1. The Labute approximate surface area is 124 Å². The molecule has 2 aliphatic heterocycles. The first-order valence-electron chi connectivity index (χ1n) is 6.36. The highest BCUT2D eigenvalue weighted by Gasteiger charge is 2.20. The van der Waals surface area contributed by atoms with E-state index in [0.717, 1.165) is 10.9 Å². The minimum Gasteiger partial charge on any atom is -0.277 e. The van der Waals surface area contributed by atoms with Crippen LogP contribution in [0.25, 0.3) is 28.0 Å². The van der Waals surface area contributed by atoms with Gasteiger partial charge in [0, 0.05) is 10.4 Å². The average molecular weight is 297 g/mol. The number of aromatic amines is 1. The largest absolute Gasteiger partial charge is 0.301 e. The summed E-state index contributed by atoms with van der Waals surface area (Å²) in [7, 11) is 0. The van der Waals surface area contributed by atoms with Crippen LogP contribution in [0.5, 0.6) is 0 Å². The van der Waals surface area contributed by atoms with E-state index in [2.05, 4.69) is 15.3 Å². The zero-order valence-corrected chi connectivity index (χ0v) is 11.5. The third kappa shape index (κ3) is 1.82. The fraction of sp³-hybridized carbons (Fsp3) is 0. The van der Waals surface area contributed by atoms with Crippen LogP contribution in [-0.2, 0) is 0 Å². The normalized spacial score (nSPS) is 11.3. The molecule has 0 bridgehead atoms. The van der Waals surface area contributed by atoms with E-state index in [1.165, 1.54) is 4.68 Å². The summed E-state index contributed by atoms with van der Waals surface area (Å²) in [5.74, 6) is 0. The van der Waals surface area contributed by atoms with Crippen LogP contribution in [0.2, 0.25) is 5.02 Å². The number of aromatic nitrogens is 4.